The van der Waals surface area contributed by atoms with Gasteiger partial charge >= 0.3 is 0 Å². The van der Waals surface area contributed by atoms with Crippen molar-refractivity contribution in [3.8, 4) is 12.3 Å². The van der Waals surface area contributed by atoms with Crippen molar-refractivity contribution in [3.05, 3.63) is 18.1 Å². The van der Waals surface area contributed by atoms with E-state index in [2.05, 4.69) is 22.8 Å². The lowest BCUT2D eigenvalue weighted by atomic mass is 10.4. The van der Waals surface area contributed by atoms with Crippen LogP contribution in [-0.4, -0.2) is 23.1 Å². The number of hydrogen-bond donors (Lipinski definition) is 1. The van der Waals surface area contributed by atoms with Crippen LogP contribution in [0.4, 0.5) is 5.82 Å². The molecule has 15 heavy (non-hydrogen) atoms. The number of terminal acetylenes is 1. The van der Waals surface area contributed by atoms with Gasteiger partial charge in [-0.2, -0.15) is 0 Å². The number of aromatic nitrogens is 2. The summed E-state index contributed by atoms with van der Waals surface area (Å²) in [6, 6.07) is 0. The summed E-state index contributed by atoms with van der Waals surface area (Å²) in [5.74, 6) is 3.42. The molecule has 0 atom stereocenters. The van der Waals surface area contributed by atoms with E-state index in [0.717, 1.165) is 24.5 Å². The van der Waals surface area contributed by atoms with E-state index in [1.54, 1.807) is 12.4 Å². The van der Waals surface area contributed by atoms with Crippen LogP contribution in [0.15, 0.2) is 12.4 Å². The molecule has 0 aliphatic heterocycles. The molecule has 80 valence electrons. The van der Waals surface area contributed by atoms with Gasteiger partial charge in [0, 0.05) is 19.3 Å². The average molecular weight is 204 g/mol. The minimum absolute atomic E-state index is 0.400. The number of nitrogens with two attached hydrogens (primary N) is 1. The lowest BCUT2D eigenvalue weighted by Gasteiger charge is -2.20. The van der Waals surface area contributed by atoms with E-state index in [1.807, 2.05) is 4.90 Å². The first-order valence-corrected chi connectivity index (χ1v) is 5.01. The zero-order chi connectivity index (χ0) is 11.1. The molecule has 4 heteroatoms. The fourth-order valence-corrected chi connectivity index (χ4v) is 1.30. The second-order valence-electron chi connectivity index (χ2n) is 3.20. The molecule has 4 nitrogen and oxygen atoms in total. The van der Waals surface area contributed by atoms with Gasteiger partial charge in [-0.3, -0.25) is 4.98 Å². The second kappa shape index (κ2) is 5.99. The van der Waals surface area contributed by atoms with Gasteiger partial charge in [0.2, 0.25) is 0 Å². The van der Waals surface area contributed by atoms with Gasteiger partial charge < -0.3 is 10.6 Å². The molecule has 1 heterocycles. The molecule has 0 radical (unpaired) electrons. The van der Waals surface area contributed by atoms with E-state index in [-0.39, 0.29) is 0 Å². The van der Waals surface area contributed by atoms with E-state index in [1.165, 1.54) is 0 Å². The molecule has 0 aliphatic carbocycles. The number of anilines is 1. The number of nitrogens with zero attached hydrogens (tertiary/aromatic N) is 3. The molecular weight excluding hydrogens is 188 g/mol. The van der Waals surface area contributed by atoms with Crippen LogP contribution in [0, 0.1) is 12.3 Å². The Kier molecular flexibility index (Phi) is 4.58. The summed E-state index contributed by atoms with van der Waals surface area (Å²) in [7, 11) is 0. The van der Waals surface area contributed by atoms with E-state index >= 15 is 0 Å². The van der Waals surface area contributed by atoms with Gasteiger partial charge in [0.1, 0.15) is 5.82 Å². The molecule has 0 saturated heterocycles. The quantitative estimate of drug-likeness (QED) is 0.720. The highest BCUT2D eigenvalue weighted by Gasteiger charge is 2.06. The van der Waals surface area contributed by atoms with E-state index in [0.29, 0.717) is 13.1 Å². The molecule has 0 spiro atoms. The van der Waals surface area contributed by atoms with Crippen LogP contribution in [0.25, 0.3) is 0 Å². The molecule has 0 saturated carbocycles. The number of rotatable bonds is 5. The number of hydrogen-bond acceptors (Lipinski definition) is 4. The van der Waals surface area contributed by atoms with Crippen LogP contribution < -0.4 is 10.6 Å². The van der Waals surface area contributed by atoms with Crippen molar-refractivity contribution in [1.29, 1.82) is 0 Å². The molecular formula is C11H16N4. The Morgan fingerprint density at radius 3 is 2.93 bits per heavy atom. The topological polar surface area (TPSA) is 55.0 Å². The van der Waals surface area contributed by atoms with Gasteiger partial charge in [0.05, 0.1) is 18.4 Å². The normalized spacial score (nSPS) is 9.67. The third-order valence-electron chi connectivity index (χ3n) is 1.98. The van der Waals surface area contributed by atoms with Gasteiger partial charge in [0.25, 0.3) is 0 Å². The van der Waals surface area contributed by atoms with Crippen molar-refractivity contribution in [2.45, 2.75) is 19.9 Å². The maximum Gasteiger partial charge on any atom is 0.148 e. The van der Waals surface area contributed by atoms with Crippen LogP contribution in [0.2, 0.25) is 0 Å². The van der Waals surface area contributed by atoms with E-state index in [4.69, 9.17) is 12.2 Å². The highest BCUT2D eigenvalue weighted by atomic mass is 15.2. The van der Waals surface area contributed by atoms with Crippen molar-refractivity contribution >= 4 is 5.82 Å². The molecule has 1 aromatic rings. The van der Waals surface area contributed by atoms with E-state index in [9.17, 15) is 0 Å². The van der Waals surface area contributed by atoms with Crippen molar-refractivity contribution in [1.82, 2.24) is 9.97 Å². The molecule has 2 N–H and O–H groups in total. The predicted octanol–water partition coefficient (Wildman–Crippen LogP) is 0.785. The summed E-state index contributed by atoms with van der Waals surface area (Å²) >= 11 is 0. The third-order valence-corrected chi connectivity index (χ3v) is 1.98. The highest BCUT2D eigenvalue weighted by Crippen LogP contribution is 2.09. The van der Waals surface area contributed by atoms with E-state index < -0.39 is 0 Å². The van der Waals surface area contributed by atoms with Gasteiger partial charge in [0.15, 0.2) is 0 Å². The molecule has 0 bridgehead atoms. The molecule has 1 aromatic heterocycles. The highest BCUT2D eigenvalue weighted by molar-refractivity contribution is 5.37. The molecule has 0 aliphatic rings. The largest absolute Gasteiger partial charge is 0.344 e. The predicted molar refractivity (Wildman–Crippen MR) is 61.3 cm³/mol. The third kappa shape index (κ3) is 3.22. The Morgan fingerprint density at radius 2 is 2.33 bits per heavy atom. The van der Waals surface area contributed by atoms with Crippen LogP contribution in [0.1, 0.15) is 19.0 Å². The van der Waals surface area contributed by atoms with Gasteiger partial charge in [-0.1, -0.05) is 12.8 Å². The van der Waals surface area contributed by atoms with Crippen LogP contribution in [-0.2, 0) is 6.54 Å². The monoisotopic (exact) mass is 204 g/mol. The first kappa shape index (κ1) is 11.5. The summed E-state index contributed by atoms with van der Waals surface area (Å²) in [6.45, 7) is 3.93. The maximum atomic E-state index is 5.51. The minimum atomic E-state index is 0.400. The first-order chi connectivity index (χ1) is 7.31. The minimum Gasteiger partial charge on any atom is -0.344 e. The summed E-state index contributed by atoms with van der Waals surface area (Å²) in [4.78, 5) is 10.5. The molecule has 0 unspecified atom stereocenters. The van der Waals surface area contributed by atoms with Crippen molar-refractivity contribution in [3.63, 3.8) is 0 Å². The van der Waals surface area contributed by atoms with Crippen molar-refractivity contribution < 1.29 is 0 Å². The zero-order valence-electron chi connectivity index (χ0n) is 8.98. The molecule has 0 fully saturated rings. The Morgan fingerprint density at radius 1 is 1.53 bits per heavy atom. The summed E-state index contributed by atoms with van der Waals surface area (Å²) in [6.07, 6.45) is 9.71. The van der Waals surface area contributed by atoms with Gasteiger partial charge in [-0.25, -0.2) is 4.98 Å². The van der Waals surface area contributed by atoms with Gasteiger partial charge in [-0.15, -0.1) is 6.42 Å². The Bertz CT molecular complexity index is 343. The smallest absolute Gasteiger partial charge is 0.148 e. The summed E-state index contributed by atoms with van der Waals surface area (Å²) in [5.41, 5.74) is 6.29. The molecule has 0 amide bonds. The zero-order valence-corrected chi connectivity index (χ0v) is 8.98. The fourth-order valence-electron chi connectivity index (χ4n) is 1.30. The Labute approximate surface area is 90.5 Å². The summed E-state index contributed by atoms with van der Waals surface area (Å²) in [5, 5.41) is 0. The van der Waals surface area contributed by atoms with Crippen LogP contribution >= 0.6 is 0 Å². The van der Waals surface area contributed by atoms with Crippen molar-refractivity contribution in [2.75, 3.05) is 18.0 Å². The van der Waals surface area contributed by atoms with Crippen LogP contribution in [0.3, 0.4) is 0 Å². The van der Waals surface area contributed by atoms with Crippen LogP contribution in [0.5, 0.6) is 0 Å². The second-order valence-corrected chi connectivity index (χ2v) is 3.20. The first-order valence-electron chi connectivity index (χ1n) is 5.01. The van der Waals surface area contributed by atoms with Gasteiger partial charge in [-0.05, 0) is 6.42 Å². The lowest BCUT2D eigenvalue weighted by Crippen LogP contribution is -2.26. The summed E-state index contributed by atoms with van der Waals surface area (Å²) < 4.78 is 0. The fraction of sp³-hybridized carbons (Fsp3) is 0.455. The Hall–Kier alpha value is -1.60. The standard InChI is InChI=1S/C11H16N4/c1-3-5-15(6-4-2)11-9-13-8-10(7-12)14-11/h1,8-9H,4-7,12H2,2H3. The molecule has 0 aromatic carbocycles. The average Bonchev–Trinajstić information content (AvgIpc) is 2.29. The van der Waals surface area contributed by atoms with Crippen molar-refractivity contribution in [2.24, 2.45) is 5.73 Å². The Balaban J connectivity index is 2.85. The maximum absolute atomic E-state index is 5.51. The molecule has 1 rings (SSSR count). The SMILES string of the molecule is C#CCN(CCC)c1cncc(CN)n1. The lowest BCUT2D eigenvalue weighted by molar-refractivity contribution is 0.796.